The van der Waals surface area contributed by atoms with E-state index in [0.29, 0.717) is 5.56 Å². The Bertz CT molecular complexity index is 397. The molecular formula is C8H8F2O3S. The third-order valence-electron chi connectivity index (χ3n) is 1.61. The van der Waals surface area contributed by atoms with Gasteiger partial charge >= 0.3 is 0 Å². The maximum absolute atomic E-state index is 11.9. The predicted octanol–water partition coefficient (Wildman–Crippen LogP) is 1.74. The van der Waals surface area contributed by atoms with Gasteiger partial charge in [0.25, 0.3) is 10.1 Å². The molecule has 0 saturated heterocycles. The van der Waals surface area contributed by atoms with E-state index < -0.39 is 23.0 Å². The average molecular weight is 222 g/mol. The summed E-state index contributed by atoms with van der Waals surface area (Å²) < 4.78 is 53.5. The number of halogens is 2. The lowest BCUT2D eigenvalue weighted by Gasteiger charge is -2.01. The first-order valence-electron chi connectivity index (χ1n) is 3.74. The van der Waals surface area contributed by atoms with Crippen LogP contribution in [0.25, 0.3) is 0 Å². The van der Waals surface area contributed by atoms with Crippen molar-refractivity contribution in [3.8, 4) is 0 Å². The quantitative estimate of drug-likeness (QED) is 0.792. The fourth-order valence-electron chi connectivity index (χ4n) is 0.976. The minimum absolute atomic E-state index is 0.296. The Morgan fingerprint density at radius 3 is 2.07 bits per heavy atom. The molecule has 0 aliphatic carbocycles. The van der Waals surface area contributed by atoms with E-state index in [0.717, 1.165) is 12.1 Å². The van der Waals surface area contributed by atoms with E-state index in [9.17, 15) is 17.2 Å². The van der Waals surface area contributed by atoms with Crippen LogP contribution in [0.15, 0.2) is 29.2 Å². The highest BCUT2D eigenvalue weighted by Gasteiger charge is 2.09. The molecule has 0 heterocycles. The number of hydrogen-bond donors (Lipinski definition) is 1. The largest absolute Gasteiger partial charge is 0.294 e. The molecule has 1 aromatic rings. The Hall–Kier alpha value is -1.01. The number of alkyl halides is 2. The fourth-order valence-corrected chi connectivity index (χ4v) is 1.46. The Kier molecular flexibility index (Phi) is 3.17. The fraction of sp³-hybridized carbons (Fsp3) is 0.250. The number of rotatable bonds is 3. The van der Waals surface area contributed by atoms with E-state index in [-0.39, 0.29) is 4.90 Å². The Balaban J connectivity index is 2.90. The second-order valence-electron chi connectivity index (χ2n) is 2.71. The first-order chi connectivity index (χ1) is 6.39. The van der Waals surface area contributed by atoms with Crippen molar-refractivity contribution in [2.24, 2.45) is 0 Å². The molecule has 6 heteroatoms. The van der Waals surface area contributed by atoms with E-state index in [4.69, 9.17) is 4.55 Å². The first kappa shape index (κ1) is 11.1. The van der Waals surface area contributed by atoms with Gasteiger partial charge in [0.15, 0.2) is 0 Å². The van der Waals surface area contributed by atoms with Gasteiger partial charge in [-0.05, 0) is 17.7 Å². The van der Waals surface area contributed by atoms with Gasteiger partial charge in [-0.1, -0.05) is 12.1 Å². The van der Waals surface area contributed by atoms with Crippen LogP contribution in [0.1, 0.15) is 5.56 Å². The van der Waals surface area contributed by atoms with Crippen molar-refractivity contribution in [3.63, 3.8) is 0 Å². The van der Waals surface area contributed by atoms with Gasteiger partial charge in [-0.2, -0.15) is 8.42 Å². The van der Waals surface area contributed by atoms with Gasteiger partial charge in [0.05, 0.1) is 4.90 Å². The molecular weight excluding hydrogens is 214 g/mol. The highest BCUT2D eigenvalue weighted by Crippen LogP contribution is 2.12. The summed E-state index contributed by atoms with van der Waals surface area (Å²) in [7, 11) is -4.24. The Morgan fingerprint density at radius 2 is 1.71 bits per heavy atom. The van der Waals surface area contributed by atoms with Gasteiger partial charge in [0, 0.05) is 6.42 Å². The summed E-state index contributed by atoms with van der Waals surface area (Å²) in [4.78, 5) is -0.296. The summed E-state index contributed by atoms with van der Waals surface area (Å²) in [5.41, 5.74) is 0.326. The average Bonchev–Trinajstić information content (AvgIpc) is 2.02. The van der Waals surface area contributed by atoms with Crippen molar-refractivity contribution in [2.75, 3.05) is 0 Å². The highest BCUT2D eigenvalue weighted by atomic mass is 32.2. The molecule has 0 unspecified atom stereocenters. The normalized spacial score (nSPS) is 12.0. The van der Waals surface area contributed by atoms with Crippen molar-refractivity contribution >= 4 is 10.1 Å². The van der Waals surface area contributed by atoms with Crippen LogP contribution in [-0.4, -0.2) is 19.4 Å². The lowest BCUT2D eigenvalue weighted by atomic mass is 10.2. The zero-order valence-electron chi connectivity index (χ0n) is 7.02. The zero-order chi connectivity index (χ0) is 10.8. The summed E-state index contributed by atoms with van der Waals surface area (Å²) in [5, 5.41) is 0. The second kappa shape index (κ2) is 4.02. The van der Waals surface area contributed by atoms with E-state index in [1.807, 2.05) is 0 Å². The van der Waals surface area contributed by atoms with Gasteiger partial charge in [-0.25, -0.2) is 8.78 Å². The van der Waals surface area contributed by atoms with Crippen molar-refractivity contribution in [1.29, 1.82) is 0 Å². The molecule has 14 heavy (non-hydrogen) atoms. The number of hydrogen-bond acceptors (Lipinski definition) is 2. The van der Waals surface area contributed by atoms with Crippen LogP contribution < -0.4 is 0 Å². The molecule has 1 aromatic carbocycles. The summed E-state index contributed by atoms with van der Waals surface area (Å²) in [6.07, 6.45) is -2.89. The van der Waals surface area contributed by atoms with Crippen LogP contribution >= 0.6 is 0 Å². The third kappa shape index (κ3) is 3.04. The summed E-state index contributed by atoms with van der Waals surface area (Å²) in [5.74, 6) is 0. The molecule has 0 bridgehead atoms. The van der Waals surface area contributed by atoms with Gasteiger partial charge < -0.3 is 0 Å². The molecule has 0 saturated carbocycles. The van der Waals surface area contributed by atoms with Crippen LogP contribution in [0.2, 0.25) is 0 Å². The summed E-state index contributed by atoms with van der Waals surface area (Å²) in [6.45, 7) is 0. The highest BCUT2D eigenvalue weighted by molar-refractivity contribution is 7.85. The van der Waals surface area contributed by atoms with Crippen molar-refractivity contribution in [1.82, 2.24) is 0 Å². The van der Waals surface area contributed by atoms with E-state index in [2.05, 4.69) is 0 Å². The van der Waals surface area contributed by atoms with Gasteiger partial charge in [-0.3, -0.25) is 4.55 Å². The van der Waals surface area contributed by atoms with E-state index >= 15 is 0 Å². The van der Waals surface area contributed by atoms with E-state index in [1.165, 1.54) is 12.1 Å². The molecule has 0 atom stereocenters. The summed E-state index contributed by atoms with van der Waals surface area (Å²) >= 11 is 0. The van der Waals surface area contributed by atoms with Crippen LogP contribution in [0.5, 0.6) is 0 Å². The third-order valence-corrected chi connectivity index (χ3v) is 2.48. The van der Waals surface area contributed by atoms with E-state index in [1.54, 1.807) is 0 Å². The molecule has 0 spiro atoms. The Labute approximate surface area is 80.1 Å². The minimum Gasteiger partial charge on any atom is -0.282 e. The lowest BCUT2D eigenvalue weighted by Crippen LogP contribution is -2.00. The zero-order valence-corrected chi connectivity index (χ0v) is 7.84. The molecule has 0 fully saturated rings. The smallest absolute Gasteiger partial charge is 0.282 e. The molecule has 3 nitrogen and oxygen atoms in total. The molecule has 0 aromatic heterocycles. The van der Waals surface area contributed by atoms with Crippen molar-refractivity contribution < 1.29 is 21.8 Å². The van der Waals surface area contributed by atoms with Crippen molar-refractivity contribution in [3.05, 3.63) is 29.8 Å². The molecule has 1 N–H and O–H groups in total. The van der Waals surface area contributed by atoms with Crippen LogP contribution in [0.4, 0.5) is 8.78 Å². The predicted molar refractivity (Wildman–Crippen MR) is 46.0 cm³/mol. The molecule has 0 radical (unpaired) electrons. The molecule has 0 aliphatic heterocycles. The topological polar surface area (TPSA) is 54.4 Å². The minimum atomic E-state index is -4.24. The van der Waals surface area contributed by atoms with Crippen LogP contribution in [-0.2, 0) is 16.5 Å². The number of benzene rings is 1. The lowest BCUT2D eigenvalue weighted by molar-refractivity contribution is 0.149. The second-order valence-corrected chi connectivity index (χ2v) is 4.14. The summed E-state index contributed by atoms with van der Waals surface area (Å²) in [6, 6.07) is 4.67. The Morgan fingerprint density at radius 1 is 1.21 bits per heavy atom. The standard InChI is InChI=1S/C8H8F2O3S/c9-8(10)5-6-1-3-7(4-2-6)14(11,12)13/h1-4,8H,5H2,(H,11,12,13). The molecule has 0 aliphatic rings. The maximum Gasteiger partial charge on any atom is 0.294 e. The van der Waals surface area contributed by atoms with Gasteiger partial charge in [-0.15, -0.1) is 0 Å². The molecule has 1 rings (SSSR count). The van der Waals surface area contributed by atoms with Crippen LogP contribution in [0.3, 0.4) is 0 Å². The van der Waals surface area contributed by atoms with Crippen LogP contribution in [0, 0.1) is 0 Å². The van der Waals surface area contributed by atoms with Gasteiger partial charge in [0.1, 0.15) is 0 Å². The first-order valence-corrected chi connectivity index (χ1v) is 5.18. The van der Waals surface area contributed by atoms with Gasteiger partial charge in [0.2, 0.25) is 6.43 Å². The molecule has 0 amide bonds. The molecule has 78 valence electrons. The SMILES string of the molecule is O=S(=O)(O)c1ccc(CC(F)F)cc1. The van der Waals surface area contributed by atoms with Crippen molar-refractivity contribution in [2.45, 2.75) is 17.7 Å². The maximum atomic E-state index is 11.9. The monoisotopic (exact) mass is 222 g/mol.